The predicted molar refractivity (Wildman–Crippen MR) is 63.4 cm³/mol. The van der Waals surface area contributed by atoms with Crippen molar-refractivity contribution >= 4 is 21.8 Å². The van der Waals surface area contributed by atoms with Crippen molar-refractivity contribution in [2.24, 2.45) is 5.92 Å². The maximum atomic E-state index is 12.5. The number of carbonyl (C=O) groups excluding carboxylic acids is 1. The third-order valence-electron chi connectivity index (χ3n) is 3.23. The van der Waals surface area contributed by atoms with Crippen LogP contribution in [-0.2, 0) is 4.79 Å². The minimum absolute atomic E-state index is 0.0472. The van der Waals surface area contributed by atoms with Crippen LogP contribution >= 0.6 is 15.9 Å². The van der Waals surface area contributed by atoms with Gasteiger partial charge in [0.1, 0.15) is 0 Å². The number of halogens is 7. The van der Waals surface area contributed by atoms with Crippen molar-refractivity contribution < 1.29 is 31.1 Å². The summed E-state index contributed by atoms with van der Waals surface area (Å²) in [5.74, 6) is -5.79. The molecule has 1 fully saturated rings. The van der Waals surface area contributed by atoms with Crippen molar-refractivity contribution in [3.05, 3.63) is 0 Å². The maximum absolute atomic E-state index is 12.5. The third kappa shape index (κ3) is 4.26. The summed E-state index contributed by atoms with van der Waals surface area (Å²) in [5, 5.41) is 0.591. The molecule has 1 amide bonds. The van der Waals surface area contributed by atoms with Crippen LogP contribution in [0.5, 0.6) is 0 Å². The quantitative estimate of drug-likeness (QED) is 0.543. The van der Waals surface area contributed by atoms with E-state index in [2.05, 4.69) is 15.9 Å². The Bertz CT molecular complexity index is 329. The SMILES string of the molecule is O=C(C(C(F)(F)F)C(F)(F)F)N1CCCC1CCCBr. The summed E-state index contributed by atoms with van der Waals surface area (Å²) in [6.45, 7) is -0.0472. The Hall–Kier alpha value is -0.470. The van der Waals surface area contributed by atoms with Crippen molar-refractivity contribution in [1.82, 2.24) is 4.90 Å². The molecule has 9 heteroatoms. The number of alkyl halides is 7. The first kappa shape index (κ1) is 17.6. The molecule has 0 aliphatic carbocycles. The second-order valence-corrected chi connectivity index (χ2v) is 5.47. The lowest BCUT2D eigenvalue weighted by Gasteiger charge is -2.30. The van der Waals surface area contributed by atoms with E-state index in [9.17, 15) is 31.1 Å². The largest absolute Gasteiger partial charge is 0.409 e. The fourth-order valence-electron chi connectivity index (χ4n) is 2.37. The molecule has 0 bridgehead atoms. The van der Waals surface area contributed by atoms with E-state index in [0.29, 0.717) is 31.0 Å². The van der Waals surface area contributed by atoms with Gasteiger partial charge in [-0.05, 0) is 25.7 Å². The van der Waals surface area contributed by atoms with Crippen LogP contribution in [0.15, 0.2) is 0 Å². The fraction of sp³-hybridized carbons (Fsp3) is 0.909. The number of nitrogens with zero attached hydrogens (tertiary/aromatic N) is 1. The molecule has 0 N–H and O–H groups in total. The van der Waals surface area contributed by atoms with Crippen LogP contribution in [-0.4, -0.2) is 41.1 Å². The first-order chi connectivity index (χ1) is 9.09. The first-order valence-corrected chi connectivity index (χ1v) is 7.21. The van der Waals surface area contributed by atoms with Crippen LogP contribution in [0.25, 0.3) is 0 Å². The van der Waals surface area contributed by atoms with Gasteiger partial charge in [0.05, 0.1) is 0 Å². The van der Waals surface area contributed by atoms with E-state index in [1.165, 1.54) is 0 Å². The minimum atomic E-state index is -5.61. The first-order valence-electron chi connectivity index (χ1n) is 6.09. The van der Waals surface area contributed by atoms with Crippen molar-refractivity contribution in [1.29, 1.82) is 0 Å². The predicted octanol–water partition coefficient (Wildman–Crippen LogP) is 3.89. The van der Waals surface area contributed by atoms with Crippen LogP contribution < -0.4 is 0 Å². The lowest BCUT2D eigenvalue weighted by molar-refractivity contribution is -0.277. The van der Waals surface area contributed by atoms with Crippen LogP contribution in [0.4, 0.5) is 26.3 Å². The lowest BCUT2D eigenvalue weighted by atomic mass is 10.0. The molecule has 1 heterocycles. The molecule has 0 radical (unpaired) electrons. The summed E-state index contributed by atoms with van der Waals surface area (Å²) in [6.07, 6.45) is -9.35. The average molecular weight is 370 g/mol. The smallest absolute Gasteiger partial charge is 0.339 e. The minimum Gasteiger partial charge on any atom is -0.339 e. The van der Waals surface area contributed by atoms with E-state index in [1.54, 1.807) is 0 Å². The molecule has 0 aromatic heterocycles. The van der Waals surface area contributed by atoms with Gasteiger partial charge in [0, 0.05) is 17.9 Å². The van der Waals surface area contributed by atoms with Crippen LogP contribution in [0.3, 0.4) is 0 Å². The molecule has 1 saturated heterocycles. The van der Waals surface area contributed by atoms with Crippen LogP contribution in [0.1, 0.15) is 25.7 Å². The highest BCUT2D eigenvalue weighted by Crippen LogP contribution is 2.41. The van der Waals surface area contributed by atoms with E-state index < -0.39 is 30.2 Å². The third-order valence-corrected chi connectivity index (χ3v) is 3.79. The lowest BCUT2D eigenvalue weighted by Crippen LogP contribution is -2.50. The van der Waals surface area contributed by atoms with E-state index in [0.717, 1.165) is 4.90 Å². The molecule has 0 aromatic carbocycles. The number of hydrogen-bond acceptors (Lipinski definition) is 1. The van der Waals surface area contributed by atoms with Gasteiger partial charge in [0.25, 0.3) is 0 Å². The molecule has 1 unspecified atom stereocenters. The zero-order valence-corrected chi connectivity index (χ0v) is 12.0. The molecule has 1 aliphatic rings. The molecule has 0 spiro atoms. The Balaban J connectivity index is 2.89. The van der Waals surface area contributed by atoms with Crippen molar-refractivity contribution in [3.8, 4) is 0 Å². The molecule has 2 nitrogen and oxygen atoms in total. The van der Waals surface area contributed by atoms with Gasteiger partial charge in [0.15, 0.2) is 0 Å². The number of rotatable bonds is 4. The Labute approximate surface area is 120 Å². The van der Waals surface area contributed by atoms with E-state index >= 15 is 0 Å². The van der Waals surface area contributed by atoms with Crippen molar-refractivity contribution in [3.63, 3.8) is 0 Å². The van der Waals surface area contributed by atoms with Gasteiger partial charge in [-0.1, -0.05) is 15.9 Å². The van der Waals surface area contributed by atoms with Gasteiger partial charge >= 0.3 is 12.4 Å². The van der Waals surface area contributed by atoms with E-state index in [1.807, 2.05) is 0 Å². The normalized spacial score (nSPS) is 20.8. The molecule has 1 aliphatic heterocycles. The fourth-order valence-corrected chi connectivity index (χ4v) is 2.69. The maximum Gasteiger partial charge on any atom is 0.409 e. The number of carbonyl (C=O) groups is 1. The Morgan fingerprint density at radius 3 is 2.20 bits per heavy atom. The molecule has 20 heavy (non-hydrogen) atoms. The van der Waals surface area contributed by atoms with Gasteiger partial charge < -0.3 is 4.90 Å². The average Bonchev–Trinajstić information content (AvgIpc) is 2.69. The van der Waals surface area contributed by atoms with Gasteiger partial charge in [-0.15, -0.1) is 0 Å². The van der Waals surface area contributed by atoms with E-state index in [-0.39, 0.29) is 6.54 Å². The second kappa shape index (κ2) is 6.53. The highest BCUT2D eigenvalue weighted by atomic mass is 79.9. The molecule has 1 rings (SSSR count). The Kier molecular flexibility index (Phi) is 5.74. The van der Waals surface area contributed by atoms with Crippen molar-refractivity contribution in [2.45, 2.75) is 44.1 Å². The highest BCUT2D eigenvalue weighted by molar-refractivity contribution is 9.09. The molecular formula is C11H14BrF6NO. The number of likely N-dealkylation sites (tertiary alicyclic amines) is 1. The zero-order chi connectivity index (χ0) is 15.6. The topological polar surface area (TPSA) is 20.3 Å². The Morgan fingerprint density at radius 1 is 1.20 bits per heavy atom. The van der Waals surface area contributed by atoms with Gasteiger partial charge in [-0.3, -0.25) is 4.79 Å². The van der Waals surface area contributed by atoms with Gasteiger partial charge in [-0.2, -0.15) is 26.3 Å². The van der Waals surface area contributed by atoms with Crippen LogP contribution in [0.2, 0.25) is 0 Å². The summed E-state index contributed by atoms with van der Waals surface area (Å²) in [4.78, 5) is 12.4. The van der Waals surface area contributed by atoms with Crippen LogP contribution in [0, 0.1) is 5.92 Å². The highest BCUT2D eigenvalue weighted by Gasteiger charge is 2.62. The molecule has 0 saturated carbocycles. The summed E-state index contributed by atoms with van der Waals surface area (Å²) in [5.41, 5.74) is 0. The second-order valence-electron chi connectivity index (χ2n) is 4.68. The Morgan fingerprint density at radius 2 is 1.75 bits per heavy atom. The molecule has 118 valence electrons. The summed E-state index contributed by atoms with van der Waals surface area (Å²) in [6, 6.07) is -0.535. The summed E-state index contributed by atoms with van der Waals surface area (Å²) in [7, 11) is 0. The van der Waals surface area contributed by atoms with Crippen molar-refractivity contribution in [2.75, 3.05) is 11.9 Å². The number of amides is 1. The zero-order valence-electron chi connectivity index (χ0n) is 10.4. The molecule has 1 atom stereocenters. The number of hydrogen-bond donors (Lipinski definition) is 0. The van der Waals surface area contributed by atoms with Gasteiger partial charge in [-0.25, -0.2) is 0 Å². The standard InChI is InChI=1S/C11H14BrF6NO/c12-5-1-3-7-4-2-6-19(7)9(20)8(10(13,14)15)11(16,17)18/h7-8H,1-6H2. The molecule has 0 aromatic rings. The summed E-state index contributed by atoms with van der Waals surface area (Å²) >= 11 is 3.14. The van der Waals surface area contributed by atoms with Gasteiger partial charge in [0.2, 0.25) is 11.8 Å². The summed E-state index contributed by atoms with van der Waals surface area (Å²) < 4.78 is 75.1. The van der Waals surface area contributed by atoms with E-state index in [4.69, 9.17) is 0 Å². The monoisotopic (exact) mass is 369 g/mol. The molecular weight excluding hydrogens is 356 g/mol.